The Morgan fingerprint density at radius 3 is 2.55 bits per heavy atom. The quantitative estimate of drug-likeness (QED) is 0.848. The lowest BCUT2D eigenvalue weighted by Gasteiger charge is -2.15. The zero-order chi connectivity index (χ0) is 14.5. The van der Waals surface area contributed by atoms with E-state index in [1.807, 2.05) is 0 Å². The molecule has 0 radical (unpaired) electrons. The predicted octanol–water partition coefficient (Wildman–Crippen LogP) is 3.93. The van der Waals surface area contributed by atoms with Crippen LogP contribution in [0, 0.1) is 12.7 Å². The van der Waals surface area contributed by atoms with E-state index in [0.717, 1.165) is 4.90 Å². The third kappa shape index (κ3) is 3.74. The third-order valence-electron chi connectivity index (χ3n) is 3.04. The molecular formula is C16H18FNOS. The molecule has 4 heteroatoms. The fraction of sp³-hybridized carbons (Fsp3) is 0.250. The first-order valence-corrected chi connectivity index (χ1v) is 7.37. The Bertz CT molecular complexity index is 571. The highest BCUT2D eigenvalue weighted by atomic mass is 32.2. The second-order valence-electron chi connectivity index (χ2n) is 4.62. The Morgan fingerprint density at radius 2 is 1.90 bits per heavy atom. The first-order chi connectivity index (χ1) is 9.60. The molecule has 0 aromatic heterocycles. The second-order valence-corrected chi connectivity index (χ2v) is 5.71. The largest absolute Gasteiger partial charge is 0.496 e. The van der Waals surface area contributed by atoms with E-state index in [4.69, 9.17) is 10.5 Å². The summed E-state index contributed by atoms with van der Waals surface area (Å²) in [5.74, 6) is 1.00. The van der Waals surface area contributed by atoms with E-state index >= 15 is 0 Å². The van der Waals surface area contributed by atoms with Crippen molar-refractivity contribution in [3.05, 3.63) is 59.4 Å². The van der Waals surface area contributed by atoms with Gasteiger partial charge < -0.3 is 10.5 Å². The molecule has 1 unspecified atom stereocenters. The summed E-state index contributed by atoms with van der Waals surface area (Å²) in [4.78, 5) is 1.15. The second kappa shape index (κ2) is 6.77. The van der Waals surface area contributed by atoms with Gasteiger partial charge in [-0.05, 0) is 37.3 Å². The summed E-state index contributed by atoms with van der Waals surface area (Å²) < 4.78 is 18.6. The van der Waals surface area contributed by atoms with Crippen molar-refractivity contribution in [3.63, 3.8) is 0 Å². The molecule has 0 heterocycles. The van der Waals surface area contributed by atoms with Gasteiger partial charge in [-0.15, -0.1) is 11.8 Å². The summed E-state index contributed by atoms with van der Waals surface area (Å²) in [6, 6.07) is 12.4. The maximum absolute atomic E-state index is 13.3. The lowest BCUT2D eigenvalue weighted by atomic mass is 10.1. The van der Waals surface area contributed by atoms with Crippen molar-refractivity contribution >= 4 is 11.8 Å². The summed E-state index contributed by atoms with van der Waals surface area (Å²) in [6.07, 6.45) is 0. The Labute approximate surface area is 123 Å². The number of ether oxygens (including phenoxy) is 1. The highest BCUT2D eigenvalue weighted by molar-refractivity contribution is 7.99. The molecular weight excluding hydrogens is 273 g/mol. The first kappa shape index (κ1) is 14.9. The summed E-state index contributed by atoms with van der Waals surface area (Å²) in [5, 5.41) is 0. The molecule has 20 heavy (non-hydrogen) atoms. The van der Waals surface area contributed by atoms with E-state index in [2.05, 4.69) is 31.2 Å². The van der Waals surface area contributed by atoms with Gasteiger partial charge in [0.05, 0.1) is 7.11 Å². The van der Waals surface area contributed by atoms with E-state index < -0.39 is 0 Å². The van der Waals surface area contributed by atoms with Crippen molar-refractivity contribution < 1.29 is 9.13 Å². The lowest BCUT2D eigenvalue weighted by molar-refractivity contribution is 0.405. The zero-order valence-electron chi connectivity index (χ0n) is 11.6. The van der Waals surface area contributed by atoms with Gasteiger partial charge in [0.2, 0.25) is 0 Å². The Hall–Kier alpha value is -1.52. The number of hydrogen-bond acceptors (Lipinski definition) is 3. The van der Waals surface area contributed by atoms with E-state index in [1.54, 1.807) is 24.9 Å². The number of thioether (sulfide) groups is 1. The Morgan fingerprint density at radius 1 is 1.20 bits per heavy atom. The van der Waals surface area contributed by atoms with Gasteiger partial charge >= 0.3 is 0 Å². The van der Waals surface area contributed by atoms with Crippen molar-refractivity contribution in [2.75, 3.05) is 12.9 Å². The Kier molecular flexibility index (Phi) is 5.04. The highest BCUT2D eigenvalue weighted by Gasteiger charge is 2.13. The molecule has 0 saturated heterocycles. The average molecular weight is 291 g/mol. The monoisotopic (exact) mass is 291 g/mol. The maximum Gasteiger partial charge on any atom is 0.123 e. The van der Waals surface area contributed by atoms with Crippen molar-refractivity contribution in [2.24, 2.45) is 5.73 Å². The third-order valence-corrected chi connectivity index (χ3v) is 4.17. The maximum atomic E-state index is 13.3. The van der Waals surface area contributed by atoms with Gasteiger partial charge in [0.25, 0.3) is 0 Å². The minimum absolute atomic E-state index is 0.271. The molecule has 0 amide bonds. The molecule has 106 valence electrons. The van der Waals surface area contributed by atoms with Gasteiger partial charge in [-0.1, -0.05) is 17.7 Å². The molecule has 2 aromatic carbocycles. The van der Waals surface area contributed by atoms with Crippen molar-refractivity contribution in [1.82, 2.24) is 0 Å². The molecule has 0 aliphatic carbocycles. The molecule has 2 N–H and O–H groups in total. The van der Waals surface area contributed by atoms with Crippen molar-refractivity contribution in [1.29, 1.82) is 0 Å². The van der Waals surface area contributed by atoms with Crippen LogP contribution in [0.25, 0.3) is 0 Å². The fourth-order valence-corrected chi connectivity index (χ4v) is 2.79. The van der Waals surface area contributed by atoms with Crippen LogP contribution in [0.2, 0.25) is 0 Å². The van der Waals surface area contributed by atoms with Gasteiger partial charge in [0.1, 0.15) is 11.6 Å². The SMILES string of the molecule is COc1ccc(F)cc1C(N)CSc1ccc(C)cc1. The molecule has 0 aliphatic heterocycles. The number of benzene rings is 2. The first-order valence-electron chi connectivity index (χ1n) is 6.38. The van der Waals surface area contributed by atoms with E-state index in [0.29, 0.717) is 17.1 Å². The van der Waals surface area contributed by atoms with E-state index in [-0.39, 0.29) is 11.9 Å². The highest BCUT2D eigenvalue weighted by Crippen LogP contribution is 2.29. The number of rotatable bonds is 5. The number of aryl methyl sites for hydroxylation is 1. The van der Waals surface area contributed by atoms with E-state index in [1.165, 1.54) is 17.7 Å². The number of halogens is 1. The number of hydrogen-bond donors (Lipinski definition) is 1. The molecule has 2 rings (SSSR count). The predicted molar refractivity (Wildman–Crippen MR) is 81.8 cm³/mol. The zero-order valence-corrected chi connectivity index (χ0v) is 12.4. The standard InChI is InChI=1S/C16H18FNOS/c1-11-3-6-13(7-4-11)20-10-15(18)14-9-12(17)5-8-16(14)19-2/h3-9,15H,10,18H2,1-2H3. The minimum atomic E-state index is -0.295. The van der Waals surface area contributed by atoms with Gasteiger partial charge in [-0.3, -0.25) is 0 Å². The molecule has 2 aromatic rings. The van der Waals surface area contributed by atoms with Crippen LogP contribution in [0.15, 0.2) is 47.4 Å². The van der Waals surface area contributed by atoms with Crippen LogP contribution in [0.5, 0.6) is 5.75 Å². The summed E-state index contributed by atoms with van der Waals surface area (Å²) in [5.41, 5.74) is 8.08. The normalized spacial score (nSPS) is 12.2. The summed E-state index contributed by atoms with van der Waals surface area (Å²) >= 11 is 1.65. The van der Waals surface area contributed by atoms with Crippen LogP contribution in [-0.4, -0.2) is 12.9 Å². The van der Waals surface area contributed by atoms with Crippen molar-refractivity contribution in [2.45, 2.75) is 17.9 Å². The summed E-state index contributed by atoms with van der Waals surface area (Å²) in [6.45, 7) is 2.05. The molecule has 0 saturated carbocycles. The molecule has 0 spiro atoms. The number of methoxy groups -OCH3 is 1. The smallest absolute Gasteiger partial charge is 0.123 e. The van der Waals surface area contributed by atoms with Crippen LogP contribution in [0.4, 0.5) is 4.39 Å². The van der Waals surface area contributed by atoms with Gasteiger partial charge in [0.15, 0.2) is 0 Å². The molecule has 0 bridgehead atoms. The molecule has 0 fully saturated rings. The number of nitrogens with two attached hydrogens (primary N) is 1. The van der Waals surface area contributed by atoms with Crippen LogP contribution in [0.1, 0.15) is 17.2 Å². The van der Waals surface area contributed by atoms with Crippen molar-refractivity contribution in [3.8, 4) is 5.75 Å². The summed E-state index contributed by atoms with van der Waals surface area (Å²) in [7, 11) is 1.57. The minimum Gasteiger partial charge on any atom is -0.496 e. The van der Waals surface area contributed by atoms with Gasteiger partial charge in [-0.25, -0.2) is 4.39 Å². The van der Waals surface area contributed by atoms with Crippen LogP contribution >= 0.6 is 11.8 Å². The van der Waals surface area contributed by atoms with Crippen LogP contribution in [0.3, 0.4) is 0 Å². The van der Waals surface area contributed by atoms with Gasteiger partial charge in [-0.2, -0.15) is 0 Å². The average Bonchev–Trinajstić information content (AvgIpc) is 2.46. The van der Waals surface area contributed by atoms with Crippen LogP contribution in [-0.2, 0) is 0 Å². The fourth-order valence-electron chi connectivity index (χ4n) is 1.91. The van der Waals surface area contributed by atoms with Gasteiger partial charge in [0, 0.05) is 22.3 Å². The van der Waals surface area contributed by atoms with Crippen LogP contribution < -0.4 is 10.5 Å². The van der Waals surface area contributed by atoms with E-state index in [9.17, 15) is 4.39 Å². The molecule has 0 aliphatic rings. The lowest BCUT2D eigenvalue weighted by Crippen LogP contribution is -2.14. The topological polar surface area (TPSA) is 35.2 Å². The molecule has 2 nitrogen and oxygen atoms in total. The molecule has 1 atom stereocenters. The Balaban J connectivity index is 2.06.